The van der Waals surface area contributed by atoms with Gasteiger partial charge in [-0.15, -0.1) is 10.2 Å². The number of hydrogen-bond acceptors (Lipinski definition) is 6. The summed E-state index contributed by atoms with van der Waals surface area (Å²) in [5.41, 5.74) is 0.882. The fourth-order valence-corrected chi connectivity index (χ4v) is 3.05. The Morgan fingerprint density at radius 2 is 2.04 bits per heavy atom. The summed E-state index contributed by atoms with van der Waals surface area (Å²) in [5.74, 6) is 2.19. The predicted octanol–water partition coefficient (Wildman–Crippen LogP) is 3.99. The van der Waals surface area contributed by atoms with Crippen molar-refractivity contribution in [2.75, 3.05) is 0 Å². The van der Waals surface area contributed by atoms with Crippen LogP contribution in [0.15, 0.2) is 41.0 Å². The number of aryl methyl sites for hydroxylation is 1. The van der Waals surface area contributed by atoms with E-state index in [2.05, 4.69) is 15.3 Å². The van der Waals surface area contributed by atoms with Crippen molar-refractivity contribution in [2.45, 2.75) is 13.5 Å². The lowest BCUT2D eigenvalue weighted by molar-refractivity contribution is 0.304. The average molecular weight is 347 g/mol. The van der Waals surface area contributed by atoms with E-state index in [1.54, 1.807) is 22.9 Å². The van der Waals surface area contributed by atoms with Crippen LogP contribution in [0.1, 0.15) is 10.8 Å². The first-order chi connectivity index (χ1) is 11.2. The van der Waals surface area contributed by atoms with Gasteiger partial charge in [0.15, 0.2) is 10.8 Å². The molecule has 0 radical (unpaired) electrons. The van der Waals surface area contributed by atoms with Gasteiger partial charge in [0.1, 0.15) is 18.1 Å². The Kier molecular flexibility index (Phi) is 3.51. The van der Waals surface area contributed by atoms with Crippen LogP contribution in [0.5, 0.6) is 5.75 Å². The summed E-state index contributed by atoms with van der Waals surface area (Å²) in [5, 5.41) is 14.3. The summed E-state index contributed by atoms with van der Waals surface area (Å²) >= 11 is 7.29. The molecular weight excluding hydrogens is 336 g/mol. The fourth-order valence-electron chi connectivity index (χ4n) is 2.18. The molecule has 0 amide bonds. The molecule has 0 aliphatic rings. The topological polar surface area (TPSA) is 65.5 Å². The number of fused-ring (bicyclic) bond motifs is 1. The zero-order chi connectivity index (χ0) is 15.8. The van der Waals surface area contributed by atoms with Crippen LogP contribution < -0.4 is 4.74 Å². The summed E-state index contributed by atoms with van der Waals surface area (Å²) in [4.78, 5) is 0.718. The molecule has 4 rings (SSSR count). The molecule has 0 saturated heterocycles. The highest BCUT2D eigenvalue weighted by molar-refractivity contribution is 7.16. The molecule has 0 fully saturated rings. The van der Waals surface area contributed by atoms with E-state index < -0.39 is 0 Å². The van der Waals surface area contributed by atoms with E-state index in [0.717, 1.165) is 27.0 Å². The Hall–Kier alpha value is -2.38. The smallest absolute Gasteiger partial charge is 0.235 e. The average Bonchev–Trinajstić information content (AvgIpc) is 3.22. The lowest BCUT2D eigenvalue weighted by atomic mass is 10.2. The summed E-state index contributed by atoms with van der Waals surface area (Å²) in [6.07, 6.45) is 1.63. The molecule has 0 bridgehead atoms. The van der Waals surface area contributed by atoms with E-state index in [0.29, 0.717) is 17.5 Å². The number of furan rings is 1. The van der Waals surface area contributed by atoms with Crippen molar-refractivity contribution in [3.63, 3.8) is 0 Å². The molecule has 0 saturated carbocycles. The second-order valence-corrected chi connectivity index (χ2v) is 6.32. The SMILES string of the molecule is Cc1occc1-c1nnc2sc(COc3ccc(Cl)cc3)nn12. The molecule has 0 atom stereocenters. The van der Waals surface area contributed by atoms with Gasteiger partial charge in [-0.05, 0) is 37.3 Å². The first kappa shape index (κ1) is 14.2. The predicted molar refractivity (Wildman–Crippen MR) is 86.9 cm³/mol. The van der Waals surface area contributed by atoms with Crippen molar-refractivity contribution in [3.8, 4) is 17.1 Å². The number of halogens is 1. The number of hydrogen-bond donors (Lipinski definition) is 0. The van der Waals surface area contributed by atoms with E-state index in [1.165, 1.54) is 11.3 Å². The van der Waals surface area contributed by atoms with Gasteiger partial charge in [0.05, 0.1) is 11.8 Å². The standard InChI is InChI=1S/C15H11ClN4O2S/c1-9-12(6-7-21-9)14-17-18-15-20(14)19-13(23-15)8-22-11-4-2-10(16)3-5-11/h2-7H,8H2,1H3. The Labute approximate surface area is 140 Å². The van der Waals surface area contributed by atoms with Crippen molar-refractivity contribution < 1.29 is 9.15 Å². The van der Waals surface area contributed by atoms with Crippen molar-refractivity contribution in [3.05, 3.63) is 52.4 Å². The Bertz CT molecular complexity index is 958. The Balaban J connectivity index is 1.59. The van der Waals surface area contributed by atoms with Gasteiger partial charge in [-0.2, -0.15) is 9.61 Å². The molecular formula is C15H11ClN4O2S. The minimum atomic E-state index is 0.361. The highest BCUT2D eigenvalue weighted by Crippen LogP contribution is 2.25. The molecule has 1 aromatic carbocycles. The lowest BCUT2D eigenvalue weighted by Gasteiger charge is -2.02. The van der Waals surface area contributed by atoms with E-state index >= 15 is 0 Å². The molecule has 0 aliphatic heterocycles. The van der Waals surface area contributed by atoms with Crippen LogP contribution in [0.3, 0.4) is 0 Å². The molecule has 3 heterocycles. The van der Waals surface area contributed by atoms with Crippen molar-refractivity contribution in [2.24, 2.45) is 0 Å². The third kappa shape index (κ3) is 2.69. The van der Waals surface area contributed by atoms with Crippen LogP contribution in [0, 0.1) is 6.92 Å². The molecule has 0 N–H and O–H groups in total. The molecule has 0 spiro atoms. The van der Waals surface area contributed by atoms with E-state index in [-0.39, 0.29) is 0 Å². The van der Waals surface area contributed by atoms with Crippen LogP contribution in [-0.2, 0) is 6.61 Å². The van der Waals surface area contributed by atoms with Gasteiger partial charge in [0.25, 0.3) is 0 Å². The van der Waals surface area contributed by atoms with E-state index in [4.69, 9.17) is 20.8 Å². The first-order valence-electron chi connectivity index (χ1n) is 6.84. The number of ether oxygens (including phenoxy) is 1. The van der Waals surface area contributed by atoms with Crippen LogP contribution >= 0.6 is 22.9 Å². The van der Waals surface area contributed by atoms with E-state index in [1.807, 2.05) is 25.1 Å². The second kappa shape index (κ2) is 5.68. The maximum absolute atomic E-state index is 5.85. The molecule has 23 heavy (non-hydrogen) atoms. The van der Waals surface area contributed by atoms with Gasteiger partial charge < -0.3 is 9.15 Å². The summed E-state index contributed by atoms with van der Waals surface area (Å²) in [7, 11) is 0. The van der Waals surface area contributed by atoms with Gasteiger partial charge in [-0.25, -0.2) is 0 Å². The molecule has 0 aliphatic carbocycles. The van der Waals surface area contributed by atoms with Gasteiger partial charge in [-0.1, -0.05) is 22.9 Å². The second-order valence-electron chi connectivity index (χ2n) is 4.85. The third-order valence-corrected chi connectivity index (χ3v) is 4.43. The van der Waals surface area contributed by atoms with Crippen molar-refractivity contribution in [1.82, 2.24) is 19.8 Å². The Morgan fingerprint density at radius 3 is 2.78 bits per heavy atom. The van der Waals surface area contributed by atoms with Gasteiger partial charge in [0.2, 0.25) is 4.96 Å². The van der Waals surface area contributed by atoms with Crippen LogP contribution in [-0.4, -0.2) is 19.8 Å². The quantitative estimate of drug-likeness (QED) is 0.559. The number of nitrogens with zero attached hydrogens (tertiary/aromatic N) is 4. The molecule has 6 nitrogen and oxygen atoms in total. The number of benzene rings is 1. The monoisotopic (exact) mass is 346 g/mol. The largest absolute Gasteiger partial charge is 0.486 e. The Morgan fingerprint density at radius 1 is 1.22 bits per heavy atom. The zero-order valence-corrected chi connectivity index (χ0v) is 13.6. The molecule has 3 aromatic heterocycles. The van der Waals surface area contributed by atoms with Crippen LogP contribution in [0.2, 0.25) is 5.02 Å². The van der Waals surface area contributed by atoms with Crippen LogP contribution in [0.4, 0.5) is 0 Å². The molecule has 8 heteroatoms. The summed E-state index contributed by atoms with van der Waals surface area (Å²) in [6.45, 7) is 2.24. The number of aromatic nitrogens is 4. The van der Waals surface area contributed by atoms with Crippen LogP contribution in [0.25, 0.3) is 16.3 Å². The minimum absolute atomic E-state index is 0.361. The third-order valence-electron chi connectivity index (χ3n) is 3.31. The maximum Gasteiger partial charge on any atom is 0.235 e. The number of rotatable bonds is 4. The van der Waals surface area contributed by atoms with Crippen molar-refractivity contribution >= 4 is 27.9 Å². The van der Waals surface area contributed by atoms with Crippen molar-refractivity contribution in [1.29, 1.82) is 0 Å². The summed E-state index contributed by atoms with van der Waals surface area (Å²) in [6, 6.07) is 9.07. The highest BCUT2D eigenvalue weighted by atomic mass is 35.5. The van der Waals surface area contributed by atoms with E-state index in [9.17, 15) is 0 Å². The zero-order valence-electron chi connectivity index (χ0n) is 12.1. The molecule has 116 valence electrons. The fraction of sp³-hybridized carbons (Fsp3) is 0.133. The van der Waals surface area contributed by atoms with Gasteiger partial charge in [-0.3, -0.25) is 0 Å². The van der Waals surface area contributed by atoms with Gasteiger partial charge >= 0.3 is 0 Å². The minimum Gasteiger partial charge on any atom is -0.486 e. The lowest BCUT2D eigenvalue weighted by Crippen LogP contribution is -1.97. The summed E-state index contributed by atoms with van der Waals surface area (Å²) < 4.78 is 12.7. The van der Waals surface area contributed by atoms with Gasteiger partial charge in [0, 0.05) is 5.02 Å². The molecule has 4 aromatic rings. The maximum atomic E-state index is 5.85. The highest BCUT2D eigenvalue weighted by Gasteiger charge is 2.16. The first-order valence-corrected chi connectivity index (χ1v) is 8.04. The normalized spacial score (nSPS) is 11.2. The molecule has 0 unspecified atom stereocenters.